The lowest BCUT2D eigenvalue weighted by atomic mass is 10.0. The Morgan fingerprint density at radius 3 is 2.03 bits per heavy atom. The summed E-state index contributed by atoms with van der Waals surface area (Å²) in [6.07, 6.45) is 19.8. The molecule has 0 N–H and O–H groups in total. The van der Waals surface area contributed by atoms with E-state index >= 15 is 0 Å². The maximum Gasteiger partial charge on any atom is 0.530 e. The maximum absolute atomic E-state index is 12.5. The topological polar surface area (TPSA) is 44.8 Å². The van der Waals surface area contributed by atoms with Gasteiger partial charge in [0.15, 0.2) is 0 Å². The van der Waals surface area contributed by atoms with Crippen molar-refractivity contribution in [1.29, 1.82) is 0 Å². The van der Waals surface area contributed by atoms with Crippen LogP contribution in [0.25, 0.3) is 0 Å². The zero-order valence-electron chi connectivity index (χ0n) is 19.4. The van der Waals surface area contributed by atoms with Gasteiger partial charge in [-0.05, 0) is 70.1 Å². The quantitative estimate of drug-likeness (QED) is 0.123. The molecule has 5 heteroatoms. The molecular formula is C25H43O4P. The Morgan fingerprint density at radius 2 is 1.40 bits per heavy atom. The van der Waals surface area contributed by atoms with E-state index in [1.807, 2.05) is 12.1 Å². The third-order valence-corrected chi connectivity index (χ3v) is 6.50. The molecule has 0 atom stereocenters. The van der Waals surface area contributed by atoms with Crippen molar-refractivity contribution in [2.45, 2.75) is 97.8 Å². The fourth-order valence-electron chi connectivity index (χ4n) is 3.34. The molecule has 0 heterocycles. The first-order valence-corrected chi connectivity index (χ1v) is 13.4. The Morgan fingerprint density at radius 1 is 0.800 bits per heavy atom. The lowest BCUT2D eigenvalue weighted by molar-refractivity contribution is 0.167. The van der Waals surface area contributed by atoms with Crippen LogP contribution >= 0.6 is 7.82 Å². The summed E-state index contributed by atoms with van der Waals surface area (Å²) in [4.78, 5) is 0. The molecule has 0 aliphatic carbocycles. The highest BCUT2D eigenvalue weighted by atomic mass is 31.2. The first-order chi connectivity index (χ1) is 14.6. The van der Waals surface area contributed by atoms with Crippen LogP contribution in [0.2, 0.25) is 0 Å². The third-order valence-electron chi connectivity index (χ3n) is 4.92. The molecule has 0 aliphatic heterocycles. The fraction of sp³-hybridized carbons (Fsp3) is 0.680. The normalized spacial score (nSPS) is 12.0. The average molecular weight is 439 g/mol. The van der Waals surface area contributed by atoms with Gasteiger partial charge in [-0.2, -0.15) is 0 Å². The second kappa shape index (κ2) is 17.6. The van der Waals surface area contributed by atoms with E-state index in [1.165, 1.54) is 69.8 Å². The summed E-state index contributed by atoms with van der Waals surface area (Å²) in [6, 6.07) is 7.76. The molecule has 0 bridgehead atoms. The summed E-state index contributed by atoms with van der Waals surface area (Å²) in [5.74, 6) is 0.541. The van der Waals surface area contributed by atoms with Crippen LogP contribution in [-0.4, -0.2) is 13.2 Å². The van der Waals surface area contributed by atoms with Gasteiger partial charge in [0.05, 0.1) is 13.2 Å². The number of benzene rings is 1. The molecule has 0 radical (unpaired) electrons. The third kappa shape index (κ3) is 13.3. The smallest absolute Gasteiger partial charge is 0.404 e. The lowest BCUT2D eigenvalue weighted by Gasteiger charge is -2.17. The molecule has 0 amide bonds. The van der Waals surface area contributed by atoms with Gasteiger partial charge in [-0.3, -0.25) is 9.05 Å². The monoisotopic (exact) mass is 438 g/mol. The van der Waals surface area contributed by atoms with E-state index in [2.05, 4.69) is 25.1 Å². The Bertz CT molecular complexity index is 605. The highest BCUT2D eigenvalue weighted by Crippen LogP contribution is 2.49. The van der Waals surface area contributed by atoms with Crippen molar-refractivity contribution >= 4 is 7.82 Å². The summed E-state index contributed by atoms with van der Waals surface area (Å²) in [5.41, 5.74) is 1.19. The van der Waals surface area contributed by atoms with Gasteiger partial charge in [0.2, 0.25) is 0 Å². The van der Waals surface area contributed by atoms with E-state index in [-0.39, 0.29) is 13.2 Å². The predicted molar refractivity (Wildman–Crippen MR) is 127 cm³/mol. The predicted octanol–water partition coefficient (Wildman–Crippen LogP) is 8.66. The molecule has 0 fully saturated rings. The highest BCUT2D eigenvalue weighted by Gasteiger charge is 2.27. The van der Waals surface area contributed by atoms with E-state index in [9.17, 15) is 4.57 Å². The second-order valence-electron chi connectivity index (χ2n) is 7.65. The summed E-state index contributed by atoms with van der Waals surface area (Å²) < 4.78 is 28.5. The molecule has 4 nitrogen and oxygen atoms in total. The zero-order valence-corrected chi connectivity index (χ0v) is 20.3. The fourth-order valence-corrected chi connectivity index (χ4v) is 4.52. The number of unbranched alkanes of at least 4 members (excludes halogenated alkanes) is 9. The molecule has 0 aliphatic rings. The van der Waals surface area contributed by atoms with Gasteiger partial charge in [-0.25, -0.2) is 4.57 Å². The molecule has 1 aromatic rings. The number of hydrogen-bond acceptors (Lipinski definition) is 4. The standard InChI is InChI=1S/C25H43O4P/c1-4-7-8-9-10-11-12-13-14-15-16-17-18-20-24-21-19-22-25(23-24)29-30(26,27-5-2)28-6-3/h11-12,19,21-23H,4-10,13-18,20H2,1-3H3/b12-11-. The van der Waals surface area contributed by atoms with Crippen molar-refractivity contribution in [1.82, 2.24) is 0 Å². The molecule has 1 rings (SSSR count). The van der Waals surface area contributed by atoms with Gasteiger partial charge in [-0.15, -0.1) is 0 Å². The van der Waals surface area contributed by atoms with Crippen LogP contribution in [0.1, 0.15) is 97.0 Å². The highest BCUT2D eigenvalue weighted by molar-refractivity contribution is 7.48. The minimum atomic E-state index is -3.53. The maximum atomic E-state index is 12.5. The molecule has 30 heavy (non-hydrogen) atoms. The minimum Gasteiger partial charge on any atom is -0.404 e. The van der Waals surface area contributed by atoms with E-state index in [1.54, 1.807) is 19.9 Å². The minimum absolute atomic E-state index is 0.283. The van der Waals surface area contributed by atoms with Crippen LogP contribution in [0.5, 0.6) is 5.75 Å². The van der Waals surface area contributed by atoms with Crippen molar-refractivity contribution in [3.8, 4) is 5.75 Å². The number of phosphoric ester groups is 1. The molecule has 0 spiro atoms. The summed E-state index contributed by atoms with van der Waals surface area (Å²) in [6.45, 7) is 6.37. The second-order valence-corrected chi connectivity index (χ2v) is 9.24. The van der Waals surface area contributed by atoms with E-state index in [0.717, 1.165) is 12.8 Å². The van der Waals surface area contributed by atoms with Crippen molar-refractivity contribution in [2.75, 3.05) is 13.2 Å². The number of phosphoric acid groups is 1. The molecule has 0 aromatic heterocycles. The van der Waals surface area contributed by atoms with Crippen molar-refractivity contribution in [2.24, 2.45) is 0 Å². The van der Waals surface area contributed by atoms with Gasteiger partial charge in [0.25, 0.3) is 0 Å². The first-order valence-electron chi connectivity index (χ1n) is 12.0. The van der Waals surface area contributed by atoms with Gasteiger partial charge >= 0.3 is 7.82 Å². The van der Waals surface area contributed by atoms with Crippen molar-refractivity contribution < 1.29 is 18.1 Å². The Balaban J connectivity index is 2.18. The zero-order chi connectivity index (χ0) is 21.9. The van der Waals surface area contributed by atoms with E-state index < -0.39 is 7.82 Å². The lowest BCUT2D eigenvalue weighted by Crippen LogP contribution is -2.02. The number of aryl methyl sites for hydroxylation is 1. The molecule has 0 saturated heterocycles. The SMILES string of the molecule is CCCCCC/C=C\CCCCCCCc1cccc(OP(=O)(OCC)OCC)c1. The largest absolute Gasteiger partial charge is 0.530 e. The Labute approximate surface area is 185 Å². The molecule has 0 unspecified atom stereocenters. The van der Waals surface area contributed by atoms with Crippen LogP contribution in [-0.2, 0) is 20.0 Å². The van der Waals surface area contributed by atoms with Crippen LogP contribution in [0.3, 0.4) is 0 Å². The summed E-state index contributed by atoms with van der Waals surface area (Å²) >= 11 is 0. The van der Waals surface area contributed by atoms with Crippen LogP contribution < -0.4 is 4.52 Å². The summed E-state index contributed by atoms with van der Waals surface area (Å²) in [5, 5.41) is 0. The number of rotatable bonds is 19. The van der Waals surface area contributed by atoms with Crippen LogP contribution in [0, 0.1) is 0 Å². The van der Waals surface area contributed by atoms with Gasteiger partial charge in [0, 0.05) is 0 Å². The Hall–Kier alpha value is -1.09. The van der Waals surface area contributed by atoms with Crippen LogP contribution in [0.4, 0.5) is 0 Å². The number of allylic oxidation sites excluding steroid dienone is 2. The van der Waals surface area contributed by atoms with Gasteiger partial charge < -0.3 is 4.52 Å². The summed E-state index contributed by atoms with van der Waals surface area (Å²) in [7, 11) is -3.53. The molecule has 1 aromatic carbocycles. The van der Waals surface area contributed by atoms with Crippen molar-refractivity contribution in [3.05, 3.63) is 42.0 Å². The van der Waals surface area contributed by atoms with Gasteiger partial charge in [0.1, 0.15) is 5.75 Å². The first kappa shape index (κ1) is 26.9. The molecular weight excluding hydrogens is 395 g/mol. The number of hydrogen-bond donors (Lipinski definition) is 0. The Kier molecular flexibility index (Phi) is 15.8. The average Bonchev–Trinajstić information content (AvgIpc) is 2.72. The van der Waals surface area contributed by atoms with E-state index in [0.29, 0.717) is 5.75 Å². The van der Waals surface area contributed by atoms with Crippen molar-refractivity contribution in [3.63, 3.8) is 0 Å². The van der Waals surface area contributed by atoms with E-state index in [4.69, 9.17) is 13.6 Å². The van der Waals surface area contributed by atoms with Crippen LogP contribution in [0.15, 0.2) is 36.4 Å². The molecule has 172 valence electrons. The molecule has 0 saturated carbocycles. The van der Waals surface area contributed by atoms with Gasteiger partial charge in [-0.1, -0.05) is 69.7 Å².